The zero-order valence-electron chi connectivity index (χ0n) is 50.5. The molecule has 9 nitrogen and oxygen atoms in total. The molecule has 0 spiro atoms. The number of likely N-dealkylation sites (N-methyl/N-ethyl adjacent to an activating group) is 1. The Labute approximate surface area is 466 Å². The van der Waals surface area contributed by atoms with Crippen LogP contribution in [0.2, 0.25) is 0 Å². The number of allylic oxidation sites excluding steroid dienone is 5. The summed E-state index contributed by atoms with van der Waals surface area (Å²) in [6, 6.07) is -0.884. The van der Waals surface area contributed by atoms with E-state index in [2.05, 4.69) is 50.4 Å². The van der Waals surface area contributed by atoms with E-state index in [1.807, 2.05) is 33.3 Å². The quantitative estimate of drug-likeness (QED) is 0.0212. The molecule has 0 aliphatic carbocycles. The second-order valence-electron chi connectivity index (χ2n) is 23.3. The molecule has 1 N–H and O–H groups in total. The van der Waals surface area contributed by atoms with Crippen LogP contribution in [0, 0.1) is 0 Å². The van der Waals surface area contributed by atoms with Crippen LogP contribution in [0.3, 0.4) is 0 Å². The fourth-order valence-electron chi connectivity index (χ4n) is 9.55. The van der Waals surface area contributed by atoms with Gasteiger partial charge in [-0.05, 0) is 63.9 Å². The number of hydrogen-bond acceptors (Lipinski definition) is 7. The molecule has 75 heavy (non-hydrogen) atoms. The highest BCUT2D eigenvalue weighted by atomic mass is 31.2. The van der Waals surface area contributed by atoms with E-state index in [0.717, 1.165) is 64.2 Å². The van der Waals surface area contributed by atoms with Gasteiger partial charge < -0.3 is 28.5 Å². The summed E-state index contributed by atoms with van der Waals surface area (Å²) in [5, 5.41) is 3.04. The molecule has 0 aromatic heterocycles. The molecular weight excluding hydrogens is 952 g/mol. The summed E-state index contributed by atoms with van der Waals surface area (Å²) in [5.74, 6) is -0.529. The maximum atomic E-state index is 13.5. The first-order valence-corrected chi connectivity index (χ1v) is 33.8. The number of carbonyl (C=O) groups excluding carboxylic acids is 2. The number of unbranched alkanes of at least 4 members (excludes halogenated alkanes) is 39. The van der Waals surface area contributed by atoms with E-state index in [4.69, 9.17) is 13.8 Å². The number of quaternary nitrogens is 1. The number of carbonyl (C=O) groups is 2. The fraction of sp³-hybridized carbons (Fsp3) is 0.877. The van der Waals surface area contributed by atoms with Crippen molar-refractivity contribution in [1.29, 1.82) is 0 Å². The van der Waals surface area contributed by atoms with Crippen molar-refractivity contribution >= 4 is 19.7 Å². The molecule has 0 saturated carbocycles. The molecule has 0 radical (unpaired) electrons. The molecule has 3 atom stereocenters. The molecule has 0 bridgehead atoms. The minimum Gasteiger partial charge on any atom is -0.756 e. The van der Waals surface area contributed by atoms with E-state index < -0.39 is 20.0 Å². The first-order chi connectivity index (χ1) is 36.4. The van der Waals surface area contributed by atoms with E-state index in [-0.39, 0.29) is 31.5 Å². The van der Waals surface area contributed by atoms with Crippen LogP contribution in [0.25, 0.3) is 0 Å². The van der Waals surface area contributed by atoms with Gasteiger partial charge in [-0.15, -0.1) is 0 Å². The van der Waals surface area contributed by atoms with Gasteiger partial charge in [0.05, 0.1) is 33.8 Å². The van der Waals surface area contributed by atoms with Crippen LogP contribution in [-0.2, 0) is 27.9 Å². The SMILES string of the molecule is CCCCC/C=C\C/C=C\CCCCCCCCCCCCCC(=O)OC(/C=C/CCCCCCCCCCC)C(COP(=O)([O-])OCC[N+](C)(C)C)NC(=O)CCCCCCCCCCCCCCCCCCC. The predicted molar refractivity (Wildman–Crippen MR) is 321 cm³/mol. The number of esters is 1. The molecule has 0 rings (SSSR count). The van der Waals surface area contributed by atoms with Crippen molar-refractivity contribution in [2.24, 2.45) is 0 Å². The summed E-state index contributed by atoms with van der Waals surface area (Å²) in [7, 11) is 1.20. The lowest BCUT2D eigenvalue weighted by molar-refractivity contribution is -0.870. The van der Waals surface area contributed by atoms with Gasteiger partial charge >= 0.3 is 5.97 Å². The molecule has 0 aromatic carbocycles. The molecule has 0 saturated heterocycles. The van der Waals surface area contributed by atoms with Gasteiger partial charge in [-0.3, -0.25) is 14.2 Å². The van der Waals surface area contributed by atoms with E-state index >= 15 is 0 Å². The number of ether oxygens (including phenoxy) is 1. The van der Waals surface area contributed by atoms with Crippen molar-refractivity contribution in [3.8, 4) is 0 Å². The lowest BCUT2D eigenvalue weighted by Gasteiger charge is -2.30. The number of nitrogens with one attached hydrogen (secondary N) is 1. The molecule has 0 fully saturated rings. The van der Waals surface area contributed by atoms with Gasteiger partial charge in [0.25, 0.3) is 7.82 Å². The molecule has 0 aliphatic heterocycles. The first kappa shape index (κ1) is 73.2. The number of phosphoric acid groups is 1. The van der Waals surface area contributed by atoms with Crippen LogP contribution in [0.15, 0.2) is 36.5 Å². The zero-order chi connectivity index (χ0) is 55.0. The van der Waals surface area contributed by atoms with E-state index in [1.54, 1.807) is 0 Å². The number of nitrogens with zero attached hydrogens (tertiary/aromatic N) is 1. The summed E-state index contributed by atoms with van der Waals surface area (Å²) in [6.07, 6.45) is 66.8. The van der Waals surface area contributed by atoms with E-state index in [1.165, 1.54) is 218 Å². The van der Waals surface area contributed by atoms with Gasteiger partial charge in [0.2, 0.25) is 5.91 Å². The van der Waals surface area contributed by atoms with Gasteiger partial charge in [0.15, 0.2) is 0 Å². The average molecular weight is 1080 g/mol. The first-order valence-electron chi connectivity index (χ1n) is 32.3. The number of amides is 1. The smallest absolute Gasteiger partial charge is 0.306 e. The minimum atomic E-state index is -4.69. The predicted octanol–water partition coefficient (Wildman–Crippen LogP) is 19.3. The second kappa shape index (κ2) is 55.5. The van der Waals surface area contributed by atoms with Crippen LogP contribution in [-0.4, -0.2) is 69.4 Å². The Morgan fingerprint density at radius 1 is 0.467 bits per heavy atom. The van der Waals surface area contributed by atoms with Gasteiger partial charge in [0.1, 0.15) is 19.3 Å². The second-order valence-corrected chi connectivity index (χ2v) is 24.7. The summed E-state index contributed by atoms with van der Waals surface area (Å²) < 4.78 is 30.3. The van der Waals surface area contributed by atoms with Gasteiger partial charge in [-0.2, -0.15) is 0 Å². The molecular formula is C65H125N2O7P. The summed E-state index contributed by atoms with van der Waals surface area (Å²) in [4.78, 5) is 40.0. The Bertz CT molecular complexity index is 1380. The van der Waals surface area contributed by atoms with Crippen LogP contribution in [0.1, 0.15) is 316 Å². The maximum absolute atomic E-state index is 13.5. The molecule has 0 aliphatic rings. The van der Waals surface area contributed by atoms with Crippen molar-refractivity contribution in [3.05, 3.63) is 36.5 Å². The Kier molecular flexibility index (Phi) is 54.2. The Morgan fingerprint density at radius 3 is 1.23 bits per heavy atom. The third-order valence-electron chi connectivity index (χ3n) is 14.6. The van der Waals surface area contributed by atoms with Crippen molar-refractivity contribution in [2.45, 2.75) is 328 Å². The Morgan fingerprint density at radius 2 is 0.813 bits per heavy atom. The average Bonchev–Trinajstić information content (AvgIpc) is 3.37. The number of hydrogen-bond donors (Lipinski definition) is 1. The zero-order valence-corrected chi connectivity index (χ0v) is 51.4. The van der Waals surface area contributed by atoms with Crippen LogP contribution >= 0.6 is 7.82 Å². The number of rotatable bonds is 59. The van der Waals surface area contributed by atoms with Crippen molar-refractivity contribution in [1.82, 2.24) is 5.32 Å². The highest BCUT2D eigenvalue weighted by Gasteiger charge is 2.27. The third-order valence-corrected chi connectivity index (χ3v) is 15.5. The summed E-state index contributed by atoms with van der Waals surface area (Å²) in [6.45, 7) is 6.85. The van der Waals surface area contributed by atoms with Crippen molar-refractivity contribution < 1.29 is 37.3 Å². The molecule has 0 heterocycles. The van der Waals surface area contributed by atoms with Crippen molar-refractivity contribution in [3.63, 3.8) is 0 Å². The molecule has 0 aromatic rings. The Hall–Kier alpha value is -1.77. The number of phosphoric ester groups is 1. The van der Waals surface area contributed by atoms with Gasteiger partial charge in [0, 0.05) is 12.8 Å². The van der Waals surface area contributed by atoms with Gasteiger partial charge in [-0.1, -0.05) is 276 Å². The van der Waals surface area contributed by atoms with Crippen molar-refractivity contribution in [2.75, 3.05) is 40.9 Å². The van der Waals surface area contributed by atoms with Crippen LogP contribution < -0.4 is 10.2 Å². The Balaban J connectivity index is 5.13. The monoisotopic (exact) mass is 1080 g/mol. The molecule has 10 heteroatoms. The standard InChI is InChI=1S/C65H125N2O7P/c1-7-10-13-16-19-22-25-27-29-31-32-33-34-36-38-40-43-46-49-52-55-58-65(69)74-63(56-53-50-47-44-41-24-21-18-15-12-9-3)62(61-73-75(70,71)72-60-59-67(4,5)6)66-64(68)57-54-51-48-45-42-39-37-35-30-28-26-23-20-17-14-11-8-2/h19,22,27,29,53,56,62-63H,7-18,20-21,23-26,28,30-52,54-55,57-61H2,1-6H3,(H-,66,68,70,71)/b22-19-,29-27-,56-53+. The maximum Gasteiger partial charge on any atom is 0.306 e. The largest absolute Gasteiger partial charge is 0.756 e. The molecule has 3 unspecified atom stereocenters. The minimum absolute atomic E-state index is 0.0199. The molecule has 442 valence electrons. The normalized spacial score (nSPS) is 13.9. The third kappa shape index (κ3) is 56.8. The van der Waals surface area contributed by atoms with E-state index in [0.29, 0.717) is 17.4 Å². The summed E-state index contributed by atoms with van der Waals surface area (Å²) >= 11 is 0. The fourth-order valence-corrected chi connectivity index (χ4v) is 10.3. The lowest BCUT2D eigenvalue weighted by Crippen LogP contribution is -2.47. The highest BCUT2D eigenvalue weighted by Crippen LogP contribution is 2.38. The molecule has 1 amide bonds. The van der Waals surface area contributed by atoms with Crippen LogP contribution in [0.4, 0.5) is 0 Å². The summed E-state index contributed by atoms with van der Waals surface area (Å²) in [5.41, 5.74) is 0. The van der Waals surface area contributed by atoms with E-state index in [9.17, 15) is 19.0 Å². The highest BCUT2D eigenvalue weighted by molar-refractivity contribution is 7.45. The van der Waals surface area contributed by atoms with Crippen LogP contribution in [0.5, 0.6) is 0 Å². The van der Waals surface area contributed by atoms with Gasteiger partial charge in [-0.25, -0.2) is 0 Å². The lowest BCUT2D eigenvalue weighted by atomic mass is 10.0. The topological polar surface area (TPSA) is 114 Å².